The van der Waals surface area contributed by atoms with Crippen molar-refractivity contribution in [3.8, 4) is 0 Å². The number of alkyl halides is 6. The number of carbonyl (C=O) groups excluding carboxylic acids is 1. The van der Waals surface area contributed by atoms with Gasteiger partial charge in [-0.25, -0.2) is 17.6 Å². The molecule has 156 valence electrons. The molecular formula is C17H6F10O2. The van der Waals surface area contributed by atoms with Gasteiger partial charge in [0.05, 0.1) is 0 Å². The van der Waals surface area contributed by atoms with Gasteiger partial charge in [0, 0.05) is 17.2 Å². The lowest BCUT2D eigenvalue weighted by molar-refractivity contribution is -0.143. The third-order valence-electron chi connectivity index (χ3n) is 3.50. The number of allylic oxidation sites excluding steroid dienone is 1. The van der Waals surface area contributed by atoms with Crippen molar-refractivity contribution >= 4 is 11.5 Å². The Morgan fingerprint density at radius 3 is 1.31 bits per heavy atom. The minimum atomic E-state index is -5.40. The van der Waals surface area contributed by atoms with Crippen LogP contribution in [0.25, 0.3) is 5.76 Å². The maximum Gasteiger partial charge on any atom is 0.422 e. The first-order valence-electron chi connectivity index (χ1n) is 7.20. The molecule has 0 amide bonds. The Kier molecular flexibility index (Phi) is 5.68. The van der Waals surface area contributed by atoms with Crippen LogP contribution >= 0.6 is 0 Å². The molecule has 29 heavy (non-hydrogen) atoms. The number of rotatable bonds is 3. The van der Waals surface area contributed by atoms with Gasteiger partial charge in [0.25, 0.3) is 0 Å². The van der Waals surface area contributed by atoms with Gasteiger partial charge in [-0.2, -0.15) is 26.3 Å². The van der Waals surface area contributed by atoms with Crippen LogP contribution in [0.5, 0.6) is 0 Å². The summed E-state index contributed by atoms with van der Waals surface area (Å²) in [5.41, 5.74) is -6.47. The monoisotopic (exact) mass is 432 g/mol. The summed E-state index contributed by atoms with van der Waals surface area (Å²) < 4.78 is 129. The predicted octanol–water partition coefficient (Wildman–Crippen LogP) is 6.06. The van der Waals surface area contributed by atoms with Gasteiger partial charge in [0.1, 0.15) is 40.2 Å². The lowest BCUT2D eigenvalue weighted by atomic mass is 10.0. The van der Waals surface area contributed by atoms with E-state index in [0.717, 1.165) is 0 Å². The van der Waals surface area contributed by atoms with E-state index in [-0.39, 0.29) is 30.3 Å². The van der Waals surface area contributed by atoms with E-state index in [0.29, 0.717) is 0 Å². The van der Waals surface area contributed by atoms with E-state index < -0.39 is 69.4 Å². The molecule has 0 aliphatic carbocycles. The Labute approximate surface area is 154 Å². The van der Waals surface area contributed by atoms with Crippen LogP contribution in [0.2, 0.25) is 0 Å². The van der Waals surface area contributed by atoms with Crippen molar-refractivity contribution < 1.29 is 53.8 Å². The molecule has 12 heteroatoms. The number of hydrogen-bond donors (Lipinski definition) is 1. The molecule has 0 atom stereocenters. The van der Waals surface area contributed by atoms with Crippen LogP contribution in [-0.2, 0) is 12.4 Å². The van der Waals surface area contributed by atoms with E-state index in [1.165, 1.54) is 0 Å². The van der Waals surface area contributed by atoms with Crippen molar-refractivity contribution in [2.75, 3.05) is 0 Å². The van der Waals surface area contributed by atoms with Crippen molar-refractivity contribution in [2.24, 2.45) is 0 Å². The van der Waals surface area contributed by atoms with Gasteiger partial charge in [0.15, 0.2) is 5.78 Å². The molecule has 0 radical (unpaired) electrons. The second-order valence-electron chi connectivity index (χ2n) is 5.52. The molecule has 2 aromatic rings. The highest BCUT2D eigenvalue weighted by Crippen LogP contribution is 2.36. The molecule has 2 nitrogen and oxygen atoms in total. The van der Waals surface area contributed by atoms with Crippen LogP contribution in [0.15, 0.2) is 30.3 Å². The Balaban J connectivity index is 2.44. The Bertz CT molecular complexity index is 956. The summed E-state index contributed by atoms with van der Waals surface area (Å²) in [6, 6.07) is 0.0930. The summed E-state index contributed by atoms with van der Waals surface area (Å²) in [6.07, 6.45) is -10.7. The zero-order valence-corrected chi connectivity index (χ0v) is 13.5. The first-order chi connectivity index (χ1) is 13.1. The van der Waals surface area contributed by atoms with E-state index in [2.05, 4.69) is 0 Å². The van der Waals surface area contributed by atoms with Crippen LogP contribution in [0.4, 0.5) is 43.9 Å². The molecule has 0 heterocycles. The second-order valence-corrected chi connectivity index (χ2v) is 5.52. The molecule has 1 N–H and O–H groups in total. The van der Waals surface area contributed by atoms with E-state index in [1.807, 2.05) is 0 Å². The summed E-state index contributed by atoms with van der Waals surface area (Å²) >= 11 is 0. The largest absolute Gasteiger partial charge is 0.507 e. The number of ketones is 1. The Morgan fingerprint density at radius 2 is 1.00 bits per heavy atom. The van der Waals surface area contributed by atoms with E-state index in [9.17, 15) is 53.8 Å². The maximum atomic E-state index is 13.5. The van der Waals surface area contributed by atoms with Crippen molar-refractivity contribution in [2.45, 2.75) is 12.4 Å². The average molecular weight is 432 g/mol. The fourth-order valence-electron chi connectivity index (χ4n) is 2.27. The molecule has 2 aromatic carbocycles. The van der Waals surface area contributed by atoms with Crippen LogP contribution in [0.1, 0.15) is 27.0 Å². The van der Waals surface area contributed by atoms with Gasteiger partial charge >= 0.3 is 12.4 Å². The topological polar surface area (TPSA) is 37.3 Å². The number of benzene rings is 2. The van der Waals surface area contributed by atoms with E-state index in [1.54, 1.807) is 0 Å². The molecule has 0 saturated carbocycles. The van der Waals surface area contributed by atoms with Gasteiger partial charge in [-0.05, 0) is 24.3 Å². The minimum Gasteiger partial charge on any atom is -0.507 e. The van der Waals surface area contributed by atoms with E-state index >= 15 is 0 Å². The Morgan fingerprint density at radius 1 is 0.690 bits per heavy atom. The SMILES string of the molecule is O=C(/C=C(\O)c1cc(F)c(C(F)(F)F)c(F)c1)c1cc(F)c(C(F)(F)F)c(F)c1. The summed E-state index contributed by atoms with van der Waals surface area (Å²) in [5, 5.41) is 9.68. The number of hydrogen-bond acceptors (Lipinski definition) is 2. The molecule has 0 bridgehead atoms. The quantitative estimate of drug-likeness (QED) is 0.277. The van der Waals surface area contributed by atoms with Crippen LogP contribution in [0, 0.1) is 23.3 Å². The molecule has 2 rings (SSSR count). The van der Waals surface area contributed by atoms with Crippen LogP contribution < -0.4 is 0 Å². The second kappa shape index (κ2) is 7.41. The molecule has 0 aliphatic rings. The minimum absolute atomic E-state index is 0.00589. The molecular weight excluding hydrogens is 426 g/mol. The fourth-order valence-corrected chi connectivity index (χ4v) is 2.27. The number of aliphatic hydroxyl groups is 1. The van der Waals surface area contributed by atoms with Gasteiger partial charge in [-0.3, -0.25) is 4.79 Å². The average Bonchev–Trinajstić information content (AvgIpc) is 2.50. The highest BCUT2D eigenvalue weighted by atomic mass is 19.4. The number of halogens is 10. The standard InChI is InChI=1S/C17H6F10O2/c18-8-1-6(2-9(19)14(8)16(22,23)24)12(28)5-13(29)7-3-10(20)15(11(21)4-7)17(25,26)27/h1-5,28H/b12-5-. The highest BCUT2D eigenvalue weighted by molar-refractivity contribution is 6.07. The number of aliphatic hydroxyl groups excluding tert-OH is 1. The zero-order chi connectivity index (χ0) is 22.3. The van der Waals surface area contributed by atoms with Gasteiger partial charge in [-0.15, -0.1) is 0 Å². The normalized spacial score (nSPS) is 13.0. The summed E-state index contributed by atoms with van der Waals surface area (Å²) in [7, 11) is 0. The molecule has 0 spiro atoms. The zero-order valence-electron chi connectivity index (χ0n) is 13.5. The molecule has 0 saturated heterocycles. The molecule has 0 aliphatic heterocycles. The Hall–Kier alpha value is -3.05. The summed E-state index contributed by atoms with van der Waals surface area (Å²) in [6.45, 7) is 0. The van der Waals surface area contributed by atoms with Crippen LogP contribution in [-0.4, -0.2) is 10.9 Å². The van der Waals surface area contributed by atoms with Crippen molar-refractivity contribution in [3.63, 3.8) is 0 Å². The van der Waals surface area contributed by atoms with Crippen molar-refractivity contribution in [1.82, 2.24) is 0 Å². The molecule has 0 unspecified atom stereocenters. The van der Waals surface area contributed by atoms with Gasteiger partial charge in [0.2, 0.25) is 0 Å². The highest BCUT2D eigenvalue weighted by Gasteiger charge is 2.39. The van der Waals surface area contributed by atoms with Crippen LogP contribution in [0.3, 0.4) is 0 Å². The summed E-state index contributed by atoms with van der Waals surface area (Å²) in [5.74, 6) is -11.3. The first-order valence-corrected chi connectivity index (χ1v) is 7.20. The van der Waals surface area contributed by atoms with Gasteiger partial charge in [-0.1, -0.05) is 0 Å². The fraction of sp³-hybridized carbons (Fsp3) is 0.118. The molecule has 0 fully saturated rings. The third-order valence-corrected chi connectivity index (χ3v) is 3.50. The first kappa shape index (κ1) is 22.2. The van der Waals surface area contributed by atoms with Crippen molar-refractivity contribution in [3.05, 3.63) is 75.9 Å². The van der Waals surface area contributed by atoms with E-state index in [4.69, 9.17) is 0 Å². The maximum absolute atomic E-state index is 13.5. The lowest BCUT2D eigenvalue weighted by Gasteiger charge is -2.11. The van der Waals surface area contributed by atoms with Gasteiger partial charge < -0.3 is 5.11 Å². The van der Waals surface area contributed by atoms with Crippen molar-refractivity contribution in [1.29, 1.82) is 0 Å². The third kappa shape index (κ3) is 4.69. The summed E-state index contributed by atoms with van der Waals surface area (Å²) in [4.78, 5) is 11.9. The molecule has 0 aromatic heterocycles. The smallest absolute Gasteiger partial charge is 0.422 e. The predicted molar refractivity (Wildman–Crippen MR) is 77.7 cm³/mol. The lowest BCUT2D eigenvalue weighted by Crippen LogP contribution is -2.13. The number of carbonyl (C=O) groups is 1.